The molecule has 0 aliphatic rings. The van der Waals surface area contributed by atoms with E-state index in [9.17, 15) is 8.42 Å². The predicted octanol–water partition coefficient (Wildman–Crippen LogP) is 2.84. The van der Waals surface area contributed by atoms with Crippen LogP contribution in [-0.4, -0.2) is 24.0 Å². The quantitative estimate of drug-likeness (QED) is 0.918. The van der Waals surface area contributed by atoms with Crippen molar-refractivity contribution in [3.63, 3.8) is 0 Å². The minimum atomic E-state index is -3.50. The summed E-state index contributed by atoms with van der Waals surface area (Å²) in [6.07, 6.45) is 0.754. The molecule has 0 amide bonds. The number of nitrogens with zero attached hydrogens (tertiary/aromatic N) is 2. The van der Waals surface area contributed by atoms with Crippen molar-refractivity contribution in [2.75, 3.05) is 0 Å². The average molecular weight is 327 g/mol. The molecule has 2 aromatic rings. The smallest absolute Gasteiger partial charge is 0.242 e. The highest BCUT2D eigenvalue weighted by atomic mass is 32.2. The van der Waals surface area contributed by atoms with Crippen LogP contribution in [0.15, 0.2) is 16.3 Å². The molecule has 21 heavy (non-hydrogen) atoms. The Kier molecular flexibility index (Phi) is 4.55. The Morgan fingerprint density at radius 2 is 2.10 bits per heavy atom. The van der Waals surface area contributed by atoms with Crippen molar-refractivity contribution in [1.82, 2.24) is 14.3 Å². The summed E-state index contributed by atoms with van der Waals surface area (Å²) in [5, 5.41) is 2.80. The molecule has 0 fully saturated rings. The molecule has 0 unspecified atom stereocenters. The highest BCUT2D eigenvalue weighted by Crippen LogP contribution is 2.29. The van der Waals surface area contributed by atoms with Crippen LogP contribution in [0.5, 0.6) is 0 Å². The van der Waals surface area contributed by atoms with Crippen LogP contribution >= 0.6 is 11.3 Å². The number of nitrogens with one attached hydrogen (secondary N) is 1. The van der Waals surface area contributed by atoms with Gasteiger partial charge in [-0.1, -0.05) is 6.92 Å². The molecule has 116 valence electrons. The summed E-state index contributed by atoms with van der Waals surface area (Å²) in [5.74, 6) is 0. The van der Waals surface area contributed by atoms with Crippen LogP contribution in [0.1, 0.15) is 31.7 Å². The monoisotopic (exact) mass is 327 g/mol. The summed E-state index contributed by atoms with van der Waals surface area (Å²) in [7, 11) is -1.63. The van der Waals surface area contributed by atoms with Crippen LogP contribution < -0.4 is 4.72 Å². The SMILES string of the molecule is CC[C@H](C)NS(=O)(=O)c1cc(-c2nc(C)cs2)n(C)c1C. The van der Waals surface area contributed by atoms with Gasteiger partial charge in [0.15, 0.2) is 0 Å². The van der Waals surface area contributed by atoms with Gasteiger partial charge in [0, 0.05) is 29.9 Å². The van der Waals surface area contributed by atoms with Gasteiger partial charge in [0.25, 0.3) is 0 Å². The third-order valence-electron chi connectivity index (χ3n) is 3.59. The molecule has 2 heterocycles. The van der Waals surface area contributed by atoms with E-state index in [4.69, 9.17) is 0 Å². The van der Waals surface area contributed by atoms with Gasteiger partial charge < -0.3 is 4.57 Å². The first-order valence-corrected chi connectivity index (χ1v) is 9.23. The van der Waals surface area contributed by atoms with Crippen molar-refractivity contribution < 1.29 is 8.42 Å². The number of thiazole rings is 1. The molecule has 5 nitrogen and oxygen atoms in total. The zero-order chi connectivity index (χ0) is 15.8. The van der Waals surface area contributed by atoms with E-state index in [0.29, 0.717) is 10.6 Å². The first kappa shape index (κ1) is 16.2. The van der Waals surface area contributed by atoms with Gasteiger partial charge in [0.1, 0.15) is 9.90 Å². The molecule has 0 radical (unpaired) electrons. The maximum Gasteiger partial charge on any atom is 0.242 e. The second kappa shape index (κ2) is 5.90. The summed E-state index contributed by atoms with van der Waals surface area (Å²) in [4.78, 5) is 4.76. The lowest BCUT2D eigenvalue weighted by atomic mass is 10.3. The van der Waals surface area contributed by atoms with Crippen LogP contribution in [0.3, 0.4) is 0 Å². The first-order chi connectivity index (χ1) is 9.76. The lowest BCUT2D eigenvalue weighted by molar-refractivity contribution is 0.555. The van der Waals surface area contributed by atoms with E-state index in [1.54, 1.807) is 6.07 Å². The standard InChI is InChI=1S/C14H21N3O2S2/c1-6-9(2)16-21(18,19)13-7-12(17(5)11(13)4)14-15-10(3)8-20-14/h7-9,16H,6H2,1-5H3/t9-/m0/s1. The Bertz CT molecular complexity index is 744. The first-order valence-electron chi connectivity index (χ1n) is 6.87. The molecule has 0 saturated heterocycles. The molecule has 2 rings (SSSR count). The molecule has 1 N–H and O–H groups in total. The average Bonchev–Trinajstić information content (AvgIpc) is 2.95. The van der Waals surface area contributed by atoms with Gasteiger partial charge in [-0.05, 0) is 33.3 Å². The predicted molar refractivity (Wildman–Crippen MR) is 86.1 cm³/mol. The van der Waals surface area contributed by atoms with Crippen LogP contribution in [0.4, 0.5) is 0 Å². The maximum atomic E-state index is 12.5. The van der Waals surface area contributed by atoms with E-state index in [0.717, 1.165) is 22.8 Å². The molecular weight excluding hydrogens is 306 g/mol. The largest absolute Gasteiger partial charge is 0.345 e. The van der Waals surface area contributed by atoms with Crippen molar-refractivity contribution in [2.45, 2.75) is 45.1 Å². The molecule has 0 aliphatic heterocycles. The van der Waals surface area contributed by atoms with E-state index in [1.165, 1.54) is 11.3 Å². The molecule has 7 heteroatoms. The van der Waals surface area contributed by atoms with Crippen LogP contribution in [-0.2, 0) is 17.1 Å². The molecular formula is C14H21N3O2S2. The molecule has 1 atom stereocenters. The van der Waals surface area contributed by atoms with E-state index in [-0.39, 0.29) is 6.04 Å². The summed E-state index contributed by atoms with van der Waals surface area (Å²) >= 11 is 1.52. The van der Waals surface area contributed by atoms with Crippen LogP contribution in [0, 0.1) is 13.8 Å². The van der Waals surface area contributed by atoms with Gasteiger partial charge >= 0.3 is 0 Å². The molecule has 2 aromatic heterocycles. The molecule has 0 spiro atoms. The number of hydrogen-bond acceptors (Lipinski definition) is 4. The van der Waals surface area contributed by atoms with Crippen molar-refractivity contribution in [2.24, 2.45) is 7.05 Å². The molecule has 0 saturated carbocycles. The fourth-order valence-electron chi connectivity index (χ4n) is 2.03. The lowest BCUT2D eigenvalue weighted by Gasteiger charge is -2.11. The van der Waals surface area contributed by atoms with Crippen molar-refractivity contribution >= 4 is 21.4 Å². The topological polar surface area (TPSA) is 64.0 Å². The Balaban J connectivity index is 2.48. The lowest BCUT2D eigenvalue weighted by Crippen LogP contribution is -2.32. The minimum absolute atomic E-state index is 0.0832. The van der Waals surface area contributed by atoms with Crippen molar-refractivity contribution in [3.05, 3.63) is 22.8 Å². The Labute approximate surface area is 130 Å². The van der Waals surface area contributed by atoms with E-state index in [2.05, 4.69) is 9.71 Å². The minimum Gasteiger partial charge on any atom is -0.345 e. The summed E-state index contributed by atoms with van der Waals surface area (Å²) < 4.78 is 29.5. The fourth-order valence-corrected chi connectivity index (χ4v) is 4.50. The summed E-state index contributed by atoms with van der Waals surface area (Å²) in [6, 6.07) is 1.62. The number of sulfonamides is 1. The van der Waals surface area contributed by atoms with E-state index < -0.39 is 10.0 Å². The molecule has 0 aromatic carbocycles. The van der Waals surface area contributed by atoms with Crippen molar-refractivity contribution in [1.29, 1.82) is 0 Å². The van der Waals surface area contributed by atoms with Gasteiger partial charge in [0.05, 0.1) is 5.69 Å². The summed E-state index contributed by atoms with van der Waals surface area (Å²) in [6.45, 7) is 7.56. The second-order valence-corrected chi connectivity index (χ2v) is 7.80. The Hall–Kier alpha value is -1.18. The normalized spacial score (nSPS) is 13.6. The highest BCUT2D eigenvalue weighted by molar-refractivity contribution is 7.89. The van der Waals surface area contributed by atoms with Gasteiger partial charge in [-0.2, -0.15) is 0 Å². The zero-order valence-electron chi connectivity index (χ0n) is 13.0. The zero-order valence-corrected chi connectivity index (χ0v) is 14.6. The number of aromatic nitrogens is 2. The van der Waals surface area contributed by atoms with Gasteiger partial charge in [-0.3, -0.25) is 0 Å². The van der Waals surface area contributed by atoms with E-state index >= 15 is 0 Å². The number of rotatable bonds is 5. The highest BCUT2D eigenvalue weighted by Gasteiger charge is 2.24. The van der Waals surface area contributed by atoms with Crippen LogP contribution in [0.2, 0.25) is 0 Å². The molecule has 0 bridgehead atoms. The van der Waals surface area contributed by atoms with Crippen molar-refractivity contribution in [3.8, 4) is 10.7 Å². The van der Waals surface area contributed by atoms with Gasteiger partial charge in [-0.15, -0.1) is 11.3 Å². The van der Waals surface area contributed by atoms with Gasteiger partial charge in [0.2, 0.25) is 10.0 Å². The fraction of sp³-hybridized carbons (Fsp3) is 0.500. The summed E-state index contributed by atoms with van der Waals surface area (Å²) in [5.41, 5.74) is 2.49. The third kappa shape index (κ3) is 3.20. The number of aryl methyl sites for hydroxylation is 1. The Morgan fingerprint density at radius 1 is 1.43 bits per heavy atom. The second-order valence-electron chi connectivity index (χ2n) is 5.26. The number of hydrogen-bond donors (Lipinski definition) is 1. The molecule has 0 aliphatic carbocycles. The van der Waals surface area contributed by atoms with E-state index in [1.807, 2.05) is 44.7 Å². The van der Waals surface area contributed by atoms with Crippen LogP contribution in [0.25, 0.3) is 10.7 Å². The third-order valence-corrected chi connectivity index (χ3v) is 6.27. The van der Waals surface area contributed by atoms with Gasteiger partial charge in [-0.25, -0.2) is 18.1 Å². The Morgan fingerprint density at radius 3 is 2.62 bits per heavy atom. The maximum absolute atomic E-state index is 12.5.